The van der Waals surface area contributed by atoms with Crippen LogP contribution in [0.25, 0.3) is 0 Å². The zero-order valence-corrected chi connectivity index (χ0v) is 19.0. The third kappa shape index (κ3) is 6.81. The first-order valence-corrected chi connectivity index (χ1v) is 11.7. The molecule has 1 amide bonds. The maximum atomic E-state index is 13.2. The highest BCUT2D eigenvalue weighted by Crippen LogP contribution is 2.19. The summed E-state index contributed by atoms with van der Waals surface area (Å²) in [4.78, 5) is 16.5. The number of nitrogens with one attached hydrogen (secondary N) is 1. The Balaban J connectivity index is 1.73. The first-order chi connectivity index (χ1) is 14.9. The summed E-state index contributed by atoms with van der Waals surface area (Å²) in [5.41, 5.74) is 4.13. The zero-order chi connectivity index (χ0) is 22.1. The molecule has 0 aliphatic heterocycles. The lowest BCUT2D eigenvalue weighted by Gasteiger charge is -2.21. The van der Waals surface area contributed by atoms with Gasteiger partial charge < -0.3 is 0 Å². The van der Waals surface area contributed by atoms with Gasteiger partial charge in [0.1, 0.15) is 0 Å². The Morgan fingerprint density at radius 1 is 1.03 bits per heavy atom. The number of hydrogen-bond acceptors (Lipinski definition) is 5. The number of pyridine rings is 1. The van der Waals surface area contributed by atoms with Crippen molar-refractivity contribution in [2.75, 3.05) is 13.1 Å². The standard InChI is InChI=1S/C22H21BrN4O3S/c23-20-6-8-21(9-7-20)31(29,30)27(15-12-18-4-2-1-3-5-18)17-22(28)26-25-16-19-10-13-24-14-11-19/h1-11,13-14,16H,12,15,17H2,(H,26,28)/b25-16-. The Morgan fingerprint density at radius 2 is 1.71 bits per heavy atom. The maximum Gasteiger partial charge on any atom is 0.255 e. The van der Waals surface area contributed by atoms with Gasteiger partial charge in [-0.3, -0.25) is 9.78 Å². The van der Waals surface area contributed by atoms with Crippen LogP contribution in [0, 0.1) is 0 Å². The first-order valence-electron chi connectivity index (χ1n) is 9.47. The number of sulfonamides is 1. The molecule has 0 saturated carbocycles. The quantitative estimate of drug-likeness (QED) is 0.360. The van der Waals surface area contributed by atoms with Crippen LogP contribution in [-0.2, 0) is 21.2 Å². The zero-order valence-electron chi connectivity index (χ0n) is 16.6. The monoisotopic (exact) mass is 500 g/mol. The second-order valence-corrected chi connectivity index (χ2v) is 9.46. The molecule has 0 spiro atoms. The van der Waals surface area contributed by atoms with Gasteiger partial charge in [-0.1, -0.05) is 46.3 Å². The van der Waals surface area contributed by atoms with Crippen molar-refractivity contribution in [3.8, 4) is 0 Å². The number of benzene rings is 2. The van der Waals surface area contributed by atoms with E-state index in [-0.39, 0.29) is 18.0 Å². The molecule has 0 radical (unpaired) electrons. The van der Waals surface area contributed by atoms with Crippen LogP contribution in [0.4, 0.5) is 0 Å². The molecule has 1 N–H and O–H groups in total. The van der Waals surface area contributed by atoms with Gasteiger partial charge in [-0.15, -0.1) is 0 Å². The lowest BCUT2D eigenvalue weighted by Crippen LogP contribution is -2.40. The Kier molecular flexibility index (Phi) is 8.05. The Labute approximate surface area is 190 Å². The largest absolute Gasteiger partial charge is 0.272 e. The molecule has 0 aliphatic rings. The van der Waals surface area contributed by atoms with Crippen LogP contribution in [-0.4, -0.2) is 42.9 Å². The molecular weight excluding hydrogens is 480 g/mol. The van der Waals surface area contributed by atoms with E-state index in [0.29, 0.717) is 6.42 Å². The summed E-state index contributed by atoms with van der Waals surface area (Å²) < 4.78 is 28.3. The third-order valence-corrected chi connectivity index (χ3v) is 6.76. The van der Waals surface area contributed by atoms with Crippen molar-refractivity contribution in [2.45, 2.75) is 11.3 Å². The second kappa shape index (κ2) is 10.9. The molecule has 0 bridgehead atoms. The van der Waals surface area contributed by atoms with Crippen molar-refractivity contribution in [3.05, 3.63) is 94.7 Å². The number of amides is 1. The van der Waals surface area contributed by atoms with Crippen LogP contribution in [0.2, 0.25) is 0 Å². The topological polar surface area (TPSA) is 91.7 Å². The van der Waals surface area contributed by atoms with E-state index in [1.54, 1.807) is 36.7 Å². The van der Waals surface area contributed by atoms with Crippen LogP contribution in [0.3, 0.4) is 0 Å². The minimum absolute atomic E-state index is 0.122. The lowest BCUT2D eigenvalue weighted by molar-refractivity contribution is -0.121. The van der Waals surface area contributed by atoms with Gasteiger partial charge in [0.05, 0.1) is 17.7 Å². The number of hydrazone groups is 1. The van der Waals surface area contributed by atoms with E-state index in [1.165, 1.54) is 22.7 Å². The SMILES string of the molecule is O=C(CN(CCc1ccccc1)S(=O)(=O)c1ccc(Br)cc1)N/N=C\c1ccncc1. The van der Waals surface area contributed by atoms with Gasteiger partial charge in [0.25, 0.3) is 5.91 Å². The second-order valence-electron chi connectivity index (χ2n) is 6.60. The highest BCUT2D eigenvalue weighted by atomic mass is 79.9. The van der Waals surface area contributed by atoms with E-state index >= 15 is 0 Å². The van der Waals surface area contributed by atoms with Crippen LogP contribution in [0.1, 0.15) is 11.1 Å². The average Bonchev–Trinajstić information content (AvgIpc) is 2.78. The third-order valence-electron chi connectivity index (χ3n) is 4.37. The lowest BCUT2D eigenvalue weighted by atomic mass is 10.1. The summed E-state index contributed by atoms with van der Waals surface area (Å²) in [5.74, 6) is -0.529. The van der Waals surface area contributed by atoms with Gasteiger partial charge >= 0.3 is 0 Å². The van der Waals surface area contributed by atoms with E-state index < -0.39 is 15.9 Å². The van der Waals surface area contributed by atoms with E-state index in [0.717, 1.165) is 15.6 Å². The predicted molar refractivity (Wildman–Crippen MR) is 123 cm³/mol. The number of hydrogen-bond donors (Lipinski definition) is 1. The van der Waals surface area contributed by atoms with Crippen LogP contribution < -0.4 is 5.43 Å². The minimum Gasteiger partial charge on any atom is -0.272 e. The molecule has 0 atom stereocenters. The van der Waals surface area contributed by atoms with E-state index in [9.17, 15) is 13.2 Å². The number of carbonyl (C=O) groups excluding carboxylic acids is 1. The summed E-state index contributed by atoms with van der Waals surface area (Å²) in [6, 6.07) is 19.3. The van der Waals surface area contributed by atoms with Gasteiger partial charge in [0.15, 0.2) is 0 Å². The van der Waals surface area contributed by atoms with E-state index in [4.69, 9.17) is 0 Å². The number of rotatable bonds is 9. The highest BCUT2D eigenvalue weighted by Gasteiger charge is 2.26. The normalized spacial score (nSPS) is 11.7. The fourth-order valence-electron chi connectivity index (χ4n) is 2.76. The molecule has 1 aromatic heterocycles. The first kappa shape index (κ1) is 22.8. The van der Waals surface area contributed by atoms with Crippen LogP contribution in [0.15, 0.2) is 93.6 Å². The molecule has 0 aliphatic carbocycles. The Morgan fingerprint density at radius 3 is 2.39 bits per heavy atom. The Bertz CT molecular complexity index is 1120. The minimum atomic E-state index is -3.87. The molecule has 7 nitrogen and oxygen atoms in total. The van der Waals surface area contributed by atoms with Gasteiger partial charge in [-0.25, -0.2) is 13.8 Å². The average molecular weight is 501 g/mol. The number of halogens is 1. The van der Waals surface area contributed by atoms with Crippen molar-refractivity contribution < 1.29 is 13.2 Å². The van der Waals surface area contributed by atoms with Gasteiger partial charge in [-0.2, -0.15) is 9.41 Å². The molecule has 2 aromatic carbocycles. The van der Waals surface area contributed by atoms with Crippen molar-refractivity contribution in [1.82, 2.24) is 14.7 Å². The number of carbonyl (C=O) groups is 1. The van der Waals surface area contributed by atoms with E-state index in [2.05, 4.69) is 31.4 Å². The Hall–Kier alpha value is -2.88. The summed E-state index contributed by atoms with van der Waals surface area (Å²) in [5, 5.41) is 3.90. The molecule has 9 heteroatoms. The summed E-state index contributed by atoms with van der Waals surface area (Å²) in [6.07, 6.45) is 5.17. The van der Waals surface area contributed by atoms with Crippen molar-refractivity contribution >= 4 is 38.1 Å². The molecule has 0 saturated heterocycles. The summed E-state index contributed by atoms with van der Waals surface area (Å²) in [7, 11) is -3.87. The van der Waals surface area contributed by atoms with Gasteiger partial charge in [0, 0.05) is 23.4 Å². The van der Waals surface area contributed by atoms with E-state index in [1.807, 2.05) is 30.3 Å². The fraction of sp³-hybridized carbons (Fsp3) is 0.136. The molecule has 0 unspecified atom stereocenters. The van der Waals surface area contributed by atoms with Crippen molar-refractivity contribution in [2.24, 2.45) is 5.10 Å². The highest BCUT2D eigenvalue weighted by molar-refractivity contribution is 9.10. The number of nitrogens with zero attached hydrogens (tertiary/aromatic N) is 3. The summed E-state index contributed by atoms with van der Waals surface area (Å²) >= 11 is 3.31. The smallest absolute Gasteiger partial charge is 0.255 e. The molecule has 160 valence electrons. The number of aromatic nitrogens is 1. The van der Waals surface area contributed by atoms with Crippen LogP contribution >= 0.6 is 15.9 Å². The van der Waals surface area contributed by atoms with Crippen molar-refractivity contribution in [1.29, 1.82) is 0 Å². The molecular formula is C22H21BrN4O3S. The van der Waals surface area contributed by atoms with Crippen LogP contribution in [0.5, 0.6) is 0 Å². The molecule has 3 aromatic rings. The predicted octanol–water partition coefficient (Wildman–Crippen LogP) is 3.23. The van der Waals surface area contributed by atoms with Gasteiger partial charge in [0.2, 0.25) is 10.0 Å². The maximum absolute atomic E-state index is 13.2. The molecule has 31 heavy (non-hydrogen) atoms. The fourth-order valence-corrected chi connectivity index (χ4v) is 4.42. The molecule has 1 heterocycles. The molecule has 3 rings (SSSR count). The summed E-state index contributed by atoms with van der Waals surface area (Å²) in [6.45, 7) is -0.192. The molecule has 0 fully saturated rings. The van der Waals surface area contributed by atoms with Crippen molar-refractivity contribution in [3.63, 3.8) is 0 Å². The van der Waals surface area contributed by atoms with Gasteiger partial charge in [-0.05, 0) is 53.9 Å².